The Balaban J connectivity index is 0.000000443. The van der Waals surface area contributed by atoms with Gasteiger partial charge in [0.1, 0.15) is 0 Å². The fraction of sp³-hybridized carbons (Fsp3) is 0. The van der Waals surface area contributed by atoms with E-state index in [9.17, 15) is 54.1 Å². The Morgan fingerprint density at radius 1 is 0.320 bits per heavy atom. The Morgan fingerprint density at radius 2 is 0.440 bits per heavy atom. The van der Waals surface area contributed by atoms with Crippen LogP contribution in [0.3, 0.4) is 0 Å². The molecule has 0 spiro atoms. The predicted molar refractivity (Wildman–Crippen MR) is 51.4 cm³/mol. The van der Waals surface area contributed by atoms with Gasteiger partial charge in [-0.15, -0.1) is 0 Å². The van der Waals surface area contributed by atoms with Crippen LogP contribution in [-0.4, -0.2) is 0 Å². The van der Waals surface area contributed by atoms with E-state index in [1.807, 2.05) is 0 Å². The number of hydrogen-bond donors (Lipinski definition) is 0. The molecule has 0 aliphatic rings. The first-order valence-electron chi connectivity index (χ1n) is 5.30. The Hall–Kier alpha value is -1.78. The zero-order valence-corrected chi connectivity index (χ0v) is 13.6. The Bertz CT molecular complexity index is 534. The van der Waals surface area contributed by atoms with Crippen LogP contribution in [0.1, 0.15) is 0 Å². The summed E-state index contributed by atoms with van der Waals surface area (Å²) >= 11 is 0. The van der Waals surface area contributed by atoms with Gasteiger partial charge in [-0.05, 0) is 11.5 Å². The molecule has 2 aromatic rings. The molecule has 0 N–H and O–H groups in total. The maximum Gasteiger partial charge on any atom is 2.00 e. The van der Waals surface area contributed by atoms with Crippen LogP contribution in [0.4, 0.5) is 43.9 Å². The molecule has 25 heavy (non-hydrogen) atoms. The Morgan fingerprint density at radius 3 is 0.600 bits per heavy atom. The second-order valence-corrected chi connectivity index (χ2v) is 3.80. The largest absolute Gasteiger partial charge is 2.00 e. The monoisotopic (exact) mass is 456 g/mol. The van der Waals surface area contributed by atoms with E-state index in [0.717, 1.165) is 0 Å². The second-order valence-electron chi connectivity index (χ2n) is 3.80. The molecule has 0 bridgehead atoms. The molecule has 134 valence electrons. The molecule has 2 rings (SSSR count). The summed E-state index contributed by atoms with van der Waals surface area (Å²) in [6.45, 7) is 0. The van der Waals surface area contributed by atoms with Crippen molar-refractivity contribution in [3.8, 4) is 11.5 Å². The molecule has 0 radical (unpaired) electrons. The molecule has 0 saturated heterocycles. The van der Waals surface area contributed by atoms with Gasteiger partial charge in [0.15, 0.2) is 58.2 Å². The van der Waals surface area contributed by atoms with Crippen molar-refractivity contribution in [2.24, 2.45) is 0 Å². The molecule has 0 unspecified atom stereocenters. The van der Waals surface area contributed by atoms with Crippen LogP contribution < -0.4 is 10.2 Å². The summed E-state index contributed by atoms with van der Waals surface area (Å²) in [6.07, 6.45) is 0. The Labute approximate surface area is 150 Å². The van der Waals surface area contributed by atoms with E-state index in [1.165, 1.54) is 0 Å². The van der Waals surface area contributed by atoms with Gasteiger partial charge < -0.3 is 10.2 Å². The fourth-order valence-corrected chi connectivity index (χ4v) is 1.17. The molecule has 0 aromatic heterocycles. The zero-order chi connectivity index (χ0) is 18.9. The average molecular weight is 457 g/mol. The molecule has 2 aromatic carbocycles. The van der Waals surface area contributed by atoms with Gasteiger partial charge in [-0.3, -0.25) is 0 Å². The first-order chi connectivity index (χ1) is 10.9. The molecular weight excluding hydrogens is 457 g/mol. The predicted octanol–water partition coefficient (Wildman–Crippen LogP) is 2.91. The van der Waals surface area contributed by atoms with Gasteiger partial charge in [-0.25, -0.2) is 43.9 Å². The molecule has 2 nitrogen and oxygen atoms in total. The van der Waals surface area contributed by atoms with E-state index in [4.69, 9.17) is 0 Å². The zero-order valence-electron chi connectivity index (χ0n) is 11.1. The van der Waals surface area contributed by atoms with E-state index in [-0.39, 0.29) is 26.2 Å². The summed E-state index contributed by atoms with van der Waals surface area (Å²) in [6, 6.07) is 0. The van der Waals surface area contributed by atoms with Crippen LogP contribution in [0.2, 0.25) is 0 Å². The third-order valence-corrected chi connectivity index (χ3v) is 2.34. The van der Waals surface area contributed by atoms with Crippen LogP contribution in [0.25, 0.3) is 0 Å². The minimum atomic E-state index is -2.33. The van der Waals surface area contributed by atoms with Gasteiger partial charge in [0, 0.05) is 0 Å². The number of benzene rings is 2. The van der Waals surface area contributed by atoms with Crippen LogP contribution in [0.15, 0.2) is 0 Å². The van der Waals surface area contributed by atoms with Crippen molar-refractivity contribution in [1.29, 1.82) is 0 Å². The van der Waals surface area contributed by atoms with Gasteiger partial charge in [0.2, 0.25) is 0 Å². The summed E-state index contributed by atoms with van der Waals surface area (Å²) in [5.41, 5.74) is 0. The smallest absolute Gasteiger partial charge is 0.868 e. The SMILES string of the molecule is [O-]c1c(F)c(F)c(F)c(F)c1F.[O-]c1c(F)c(F)c(F)c(F)c1F.[Zr+2]. The summed E-state index contributed by atoms with van der Waals surface area (Å²) in [4.78, 5) is 0. The van der Waals surface area contributed by atoms with Crippen molar-refractivity contribution < 1.29 is 80.3 Å². The summed E-state index contributed by atoms with van der Waals surface area (Å²) in [5, 5.41) is 20.3. The molecule has 0 atom stereocenters. The van der Waals surface area contributed by atoms with Crippen molar-refractivity contribution >= 4 is 0 Å². The number of rotatable bonds is 0. The quantitative estimate of drug-likeness (QED) is 0.347. The summed E-state index contributed by atoms with van der Waals surface area (Å²) < 4.78 is 121. The average Bonchev–Trinajstić information content (AvgIpc) is 2.58. The van der Waals surface area contributed by atoms with Gasteiger partial charge in [0.25, 0.3) is 0 Å². The van der Waals surface area contributed by atoms with Crippen LogP contribution in [0.5, 0.6) is 11.5 Å². The van der Waals surface area contributed by atoms with Crippen molar-refractivity contribution in [2.45, 2.75) is 0 Å². The molecule has 0 heterocycles. The second kappa shape index (κ2) is 8.55. The topological polar surface area (TPSA) is 46.1 Å². The summed E-state index contributed by atoms with van der Waals surface area (Å²) in [7, 11) is 0. The molecule has 0 saturated carbocycles. The van der Waals surface area contributed by atoms with Gasteiger partial charge in [-0.1, -0.05) is 0 Å². The van der Waals surface area contributed by atoms with Crippen LogP contribution in [0, 0.1) is 58.2 Å². The molecule has 13 heteroatoms. The standard InChI is InChI=1S/2C6HF5O.Zr/c2*7-1-2(8)4(10)6(12)5(11)3(1)9;/h2*12H;/q;;+2/p-2. The third-order valence-electron chi connectivity index (χ3n) is 2.34. The van der Waals surface area contributed by atoms with Crippen molar-refractivity contribution in [1.82, 2.24) is 0 Å². The Kier molecular flexibility index (Phi) is 7.94. The molecule has 0 fully saturated rings. The minimum absolute atomic E-state index is 0. The number of halogens is 10. The van der Waals surface area contributed by atoms with E-state index < -0.39 is 69.7 Å². The maximum atomic E-state index is 12.1. The molecule has 0 aliphatic carbocycles. The van der Waals surface area contributed by atoms with E-state index in [1.54, 1.807) is 0 Å². The van der Waals surface area contributed by atoms with Crippen LogP contribution in [-0.2, 0) is 26.2 Å². The normalized spacial score (nSPS) is 10.0. The van der Waals surface area contributed by atoms with E-state index in [2.05, 4.69) is 0 Å². The molecule has 0 aliphatic heterocycles. The first kappa shape index (κ1) is 23.2. The van der Waals surface area contributed by atoms with E-state index >= 15 is 0 Å². The maximum absolute atomic E-state index is 12.1. The van der Waals surface area contributed by atoms with Crippen molar-refractivity contribution in [3.05, 3.63) is 58.2 Å². The number of hydrogen-bond acceptors (Lipinski definition) is 2. The minimum Gasteiger partial charge on any atom is -0.868 e. The van der Waals surface area contributed by atoms with Gasteiger partial charge in [-0.2, -0.15) is 0 Å². The third kappa shape index (κ3) is 4.25. The van der Waals surface area contributed by atoms with Gasteiger partial charge in [0.05, 0.1) is 0 Å². The molecular formula is C12F10O2Zr. The van der Waals surface area contributed by atoms with Gasteiger partial charge >= 0.3 is 26.2 Å². The molecule has 0 amide bonds. The first-order valence-corrected chi connectivity index (χ1v) is 5.30. The fourth-order valence-electron chi connectivity index (χ4n) is 1.17. The summed E-state index contributed by atoms with van der Waals surface area (Å²) in [5.74, 6) is -27.2. The van der Waals surface area contributed by atoms with E-state index in [0.29, 0.717) is 0 Å². The van der Waals surface area contributed by atoms with Crippen molar-refractivity contribution in [3.63, 3.8) is 0 Å². The van der Waals surface area contributed by atoms with Crippen LogP contribution >= 0.6 is 0 Å². The van der Waals surface area contributed by atoms with Crippen molar-refractivity contribution in [2.75, 3.05) is 0 Å².